The van der Waals surface area contributed by atoms with Crippen LogP contribution in [0.2, 0.25) is 0 Å². The molecule has 0 aliphatic rings. The molecule has 0 aromatic heterocycles. The number of aromatic hydroxyl groups is 2. The first-order valence-corrected chi connectivity index (χ1v) is 18.7. The normalized spacial score (nSPS) is 11.3. The van der Waals surface area contributed by atoms with E-state index in [-0.39, 0.29) is 45.3 Å². The van der Waals surface area contributed by atoms with Gasteiger partial charge in [0.15, 0.2) is 11.5 Å². The van der Waals surface area contributed by atoms with E-state index in [2.05, 4.69) is 31.1 Å². The molecule has 302 valence electrons. The van der Waals surface area contributed by atoms with Gasteiger partial charge in [-0.15, -0.1) is 10.2 Å². The molecule has 16 heteroatoms. The summed E-state index contributed by atoms with van der Waals surface area (Å²) in [5, 5.41) is 69.8. The molecule has 0 fully saturated rings. The monoisotopic (exact) mass is 822 g/mol. The second kappa shape index (κ2) is 17.0. The van der Waals surface area contributed by atoms with E-state index in [4.69, 9.17) is 0 Å². The molecule has 8 aromatic rings. The molecule has 0 heterocycles. The van der Waals surface area contributed by atoms with Gasteiger partial charge in [0.2, 0.25) is 0 Å². The van der Waals surface area contributed by atoms with Crippen molar-refractivity contribution in [2.45, 2.75) is 0 Å². The summed E-state index contributed by atoms with van der Waals surface area (Å²) >= 11 is 0. The van der Waals surface area contributed by atoms with Crippen LogP contribution < -0.4 is 10.6 Å². The number of phenolic OH excluding ortho intramolecular Hbond substituents is 2. The molecule has 0 bridgehead atoms. The molecule has 2 amide bonds. The van der Waals surface area contributed by atoms with Crippen LogP contribution >= 0.6 is 0 Å². The summed E-state index contributed by atoms with van der Waals surface area (Å²) in [6.45, 7) is 0. The Labute approximate surface area is 350 Å². The fourth-order valence-corrected chi connectivity index (χ4v) is 6.63. The largest absolute Gasteiger partial charge is 0.505 e. The van der Waals surface area contributed by atoms with Crippen molar-refractivity contribution >= 4 is 78.9 Å². The van der Waals surface area contributed by atoms with Crippen LogP contribution in [0, 0.1) is 20.2 Å². The SMILES string of the molecule is O=C(Nc1cccc([N+](=O)[O-])c1)c1cc2ccccc2c(N=Nc2ccc(-c3ccc(N=Nc4c(O)c(C(=O)Nc5cccc([N+](=O)[O-])c5)cc5ccccc45)cc3)cc2)c1O. The summed E-state index contributed by atoms with van der Waals surface area (Å²) < 4.78 is 0. The number of nitrogens with one attached hydrogen (secondary N) is 2. The highest BCUT2D eigenvalue weighted by Crippen LogP contribution is 2.41. The third-order valence-corrected chi connectivity index (χ3v) is 9.71. The average molecular weight is 823 g/mol. The first-order valence-electron chi connectivity index (χ1n) is 18.7. The van der Waals surface area contributed by atoms with Gasteiger partial charge < -0.3 is 20.8 Å². The standard InChI is InChI=1S/C46H30N8O8/c55-43-39(45(57)47-33-9-5-11-35(25-33)53(59)60)23-29-7-1-3-13-37(29)41(43)51-49-31-19-15-27(16-20-31)28-17-21-32(22-18-28)50-52-42-38-14-4-2-8-30(38)24-40(44(42)56)46(58)48-34-10-6-12-36(26-34)54(61)62/h1-26,55-56H,(H,47,57)(H,48,58). The summed E-state index contributed by atoms with van der Waals surface area (Å²) in [5.41, 5.74) is 2.51. The number of azo groups is 2. The number of carbonyl (C=O) groups is 2. The van der Waals surface area contributed by atoms with Crippen molar-refractivity contribution < 1.29 is 29.6 Å². The van der Waals surface area contributed by atoms with Gasteiger partial charge in [0.25, 0.3) is 23.2 Å². The van der Waals surface area contributed by atoms with E-state index in [9.17, 15) is 40.0 Å². The van der Waals surface area contributed by atoms with Gasteiger partial charge in [-0.3, -0.25) is 29.8 Å². The maximum Gasteiger partial charge on any atom is 0.271 e. The molecule has 62 heavy (non-hydrogen) atoms. The zero-order valence-corrected chi connectivity index (χ0v) is 32.0. The Morgan fingerprint density at radius 2 is 0.855 bits per heavy atom. The number of hydrogen-bond donors (Lipinski definition) is 4. The van der Waals surface area contributed by atoms with Gasteiger partial charge >= 0.3 is 0 Å². The van der Waals surface area contributed by atoms with E-state index in [1.54, 1.807) is 72.8 Å². The summed E-state index contributed by atoms with van der Waals surface area (Å²) in [6, 6.07) is 42.3. The lowest BCUT2D eigenvalue weighted by atomic mass is 10.0. The zero-order chi connectivity index (χ0) is 43.3. The number of nitro groups is 2. The minimum Gasteiger partial charge on any atom is -0.505 e. The molecular formula is C46H30N8O8. The summed E-state index contributed by atoms with van der Waals surface area (Å²) in [7, 11) is 0. The maximum absolute atomic E-state index is 13.3. The zero-order valence-electron chi connectivity index (χ0n) is 32.0. The van der Waals surface area contributed by atoms with Crippen LogP contribution in [0.25, 0.3) is 32.7 Å². The van der Waals surface area contributed by atoms with Gasteiger partial charge in [-0.1, -0.05) is 84.9 Å². The van der Waals surface area contributed by atoms with Crippen LogP contribution in [-0.2, 0) is 0 Å². The number of fused-ring (bicyclic) bond motifs is 2. The average Bonchev–Trinajstić information content (AvgIpc) is 3.28. The number of non-ortho nitro benzene ring substituents is 2. The smallest absolute Gasteiger partial charge is 0.271 e. The quantitative estimate of drug-likeness (QED) is 0.0555. The second-order valence-electron chi connectivity index (χ2n) is 13.7. The summed E-state index contributed by atoms with van der Waals surface area (Å²) in [6.07, 6.45) is 0. The highest BCUT2D eigenvalue weighted by molar-refractivity contribution is 6.13. The predicted octanol–water partition coefficient (Wildman–Crippen LogP) is 12.2. The molecule has 0 aliphatic carbocycles. The van der Waals surface area contributed by atoms with E-state index in [0.717, 1.165) is 11.1 Å². The van der Waals surface area contributed by atoms with Crippen LogP contribution in [0.4, 0.5) is 45.5 Å². The number of nitro benzene ring substituents is 2. The maximum atomic E-state index is 13.3. The third-order valence-electron chi connectivity index (χ3n) is 9.71. The molecule has 8 aromatic carbocycles. The first kappa shape index (κ1) is 39.6. The Bertz CT molecular complexity index is 2940. The van der Waals surface area contributed by atoms with Crippen LogP contribution in [0.15, 0.2) is 178 Å². The van der Waals surface area contributed by atoms with E-state index in [1.807, 2.05) is 24.3 Å². The first-order chi connectivity index (χ1) is 30.0. The number of rotatable bonds is 11. The Kier molecular flexibility index (Phi) is 10.8. The van der Waals surface area contributed by atoms with E-state index in [1.165, 1.54) is 60.7 Å². The van der Waals surface area contributed by atoms with Crippen molar-refractivity contribution in [2.75, 3.05) is 10.6 Å². The molecule has 0 saturated heterocycles. The number of hydrogen-bond acceptors (Lipinski definition) is 12. The highest BCUT2D eigenvalue weighted by Gasteiger charge is 2.21. The van der Waals surface area contributed by atoms with Gasteiger partial charge in [0.05, 0.1) is 32.3 Å². The van der Waals surface area contributed by atoms with E-state index >= 15 is 0 Å². The molecule has 4 N–H and O–H groups in total. The lowest BCUT2D eigenvalue weighted by Gasteiger charge is -2.11. The number of phenols is 2. The molecule has 0 saturated carbocycles. The van der Waals surface area contributed by atoms with Crippen molar-refractivity contribution in [3.63, 3.8) is 0 Å². The molecule has 16 nitrogen and oxygen atoms in total. The number of carbonyl (C=O) groups excluding carboxylic acids is 2. The van der Waals surface area contributed by atoms with Gasteiger partial charge in [-0.2, -0.15) is 10.2 Å². The van der Waals surface area contributed by atoms with Gasteiger partial charge in [-0.25, -0.2) is 0 Å². The summed E-state index contributed by atoms with van der Waals surface area (Å²) in [5.74, 6) is -2.21. The molecular weight excluding hydrogens is 793 g/mol. The number of amides is 2. The van der Waals surface area contributed by atoms with E-state index < -0.39 is 33.2 Å². The van der Waals surface area contributed by atoms with Crippen molar-refractivity contribution in [1.29, 1.82) is 0 Å². The van der Waals surface area contributed by atoms with Crippen LogP contribution in [0.1, 0.15) is 20.7 Å². The minimum atomic E-state index is -0.690. The minimum absolute atomic E-state index is 0.0675. The van der Waals surface area contributed by atoms with Crippen LogP contribution in [-0.4, -0.2) is 31.9 Å². The van der Waals surface area contributed by atoms with Crippen molar-refractivity contribution in [1.82, 2.24) is 0 Å². The van der Waals surface area contributed by atoms with Crippen molar-refractivity contribution in [3.8, 4) is 22.6 Å². The van der Waals surface area contributed by atoms with Crippen LogP contribution in [0.3, 0.4) is 0 Å². The fourth-order valence-electron chi connectivity index (χ4n) is 6.63. The lowest BCUT2D eigenvalue weighted by molar-refractivity contribution is -0.385. The third kappa shape index (κ3) is 8.36. The fraction of sp³-hybridized carbons (Fsp3) is 0. The predicted molar refractivity (Wildman–Crippen MR) is 234 cm³/mol. The van der Waals surface area contributed by atoms with Gasteiger partial charge in [0.1, 0.15) is 11.4 Å². The Morgan fingerprint density at radius 1 is 0.468 bits per heavy atom. The molecule has 0 spiro atoms. The Balaban J connectivity index is 0.997. The van der Waals surface area contributed by atoms with Gasteiger partial charge in [-0.05, 0) is 70.4 Å². The molecule has 0 atom stereocenters. The highest BCUT2D eigenvalue weighted by atomic mass is 16.6. The summed E-state index contributed by atoms with van der Waals surface area (Å²) in [4.78, 5) is 47.9. The molecule has 0 unspecified atom stereocenters. The molecule has 8 rings (SSSR count). The lowest BCUT2D eigenvalue weighted by Crippen LogP contribution is -2.12. The number of nitrogens with zero attached hydrogens (tertiary/aromatic N) is 6. The van der Waals surface area contributed by atoms with Crippen LogP contribution in [0.5, 0.6) is 11.5 Å². The molecule has 0 radical (unpaired) electrons. The van der Waals surface area contributed by atoms with Crippen molar-refractivity contribution in [3.05, 3.63) is 189 Å². The van der Waals surface area contributed by atoms with Crippen molar-refractivity contribution in [2.24, 2.45) is 20.5 Å². The second-order valence-corrected chi connectivity index (χ2v) is 13.7. The van der Waals surface area contributed by atoms with Gasteiger partial charge in [0, 0.05) is 46.4 Å². The Hall–Kier alpha value is -9.18. The number of benzene rings is 8. The topological polar surface area (TPSA) is 234 Å². The number of anilines is 2. The Morgan fingerprint density at radius 3 is 1.24 bits per heavy atom. The molecule has 0 aliphatic heterocycles. The van der Waals surface area contributed by atoms with E-state index in [0.29, 0.717) is 32.9 Å².